The predicted molar refractivity (Wildman–Crippen MR) is 60.1 cm³/mol. The van der Waals surface area contributed by atoms with Gasteiger partial charge in [-0.1, -0.05) is 0 Å². The Morgan fingerprint density at radius 1 is 1.21 bits per heavy atom. The van der Waals surface area contributed by atoms with Gasteiger partial charge in [-0.05, 0) is 0 Å². The van der Waals surface area contributed by atoms with Gasteiger partial charge in [0.1, 0.15) is 0 Å². The molecular weight excluding hydrogens is 239 g/mol. The minimum absolute atomic E-state index is 0.0662. The van der Waals surface area contributed by atoms with E-state index >= 15 is 0 Å². The molecule has 0 fully saturated rings. The summed E-state index contributed by atoms with van der Waals surface area (Å²) in [5.74, 6) is 0. The summed E-state index contributed by atoms with van der Waals surface area (Å²) >= 11 is 3.02. The van der Waals surface area contributed by atoms with Crippen molar-refractivity contribution < 1.29 is 0 Å². The number of hydrogen-bond acceptors (Lipinski definition) is 1. The van der Waals surface area contributed by atoms with Gasteiger partial charge in [-0.3, -0.25) is 0 Å². The normalized spacial score (nSPS) is 12.2. The van der Waals surface area contributed by atoms with E-state index in [1.807, 2.05) is 18.2 Å². The van der Waals surface area contributed by atoms with Gasteiger partial charge in [0.2, 0.25) is 0 Å². The second-order valence-corrected chi connectivity index (χ2v) is 5.16. The van der Waals surface area contributed by atoms with Gasteiger partial charge in [-0.25, -0.2) is 0 Å². The molecule has 2 rings (SSSR count). The third-order valence-corrected chi connectivity index (χ3v) is 2.78. The second-order valence-electron chi connectivity index (χ2n) is 4.39. The van der Waals surface area contributed by atoms with Gasteiger partial charge in [0.05, 0.1) is 0 Å². The van der Waals surface area contributed by atoms with Crippen LogP contribution in [-0.4, -0.2) is 25.6 Å². The average Bonchev–Trinajstić information content (AvgIpc) is 2.38. The number of nitrogens with zero attached hydrogens (tertiary/aromatic N) is 2. The molecule has 1 radical (unpaired) electrons. The van der Waals surface area contributed by atoms with Crippen LogP contribution in [0.1, 0.15) is 20.8 Å². The zero-order valence-electron chi connectivity index (χ0n) is 8.61. The third-order valence-electron chi connectivity index (χ3n) is 2.20. The summed E-state index contributed by atoms with van der Waals surface area (Å²) in [6.07, 6.45) is 0. The molecule has 0 saturated carbocycles. The maximum absolute atomic E-state index is 4.49. The van der Waals surface area contributed by atoms with Crippen LogP contribution in [0.15, 0.2) is 24.3 Å². The van der Waals surface area contributed by atoms with Crippen LogP contribution in [0.4, 0.5) is 0 Å². The van der Waals surface area contributed by atoms with Gasteiger partial charge in [0.25, 0.3) is 0 Å². The number of imidazole rings is 1. The summed E-state index contributed by atoms with van der Waals surface area (Å²) < 4.78 is 3.18. The zero-order chi connectivity index (χ0) is 10.3. The second kappa shape index (κ2) is 3.11. The molecule has 0 aliphatic rings. The minimum atomic E-state index is 0.0662. The van der Waals surface area contributed by atoms with Crippen molar-refractivity contribution in [1.82, 2.24) is 9.55 Å². The Kier molecular flexibility index (Phi) is 2.17. The molecule has 0 saturated heterocycles. The molecule has 73 valence electrons. The molecule has 0 bridgehead atoms. The Morgan fingerprint density at radius 2 is 1.86 bits per heavy atom. The van der Waals surface area contributed by atoms with Gasteiger partial charge in [-0.15, -0.1) is 0 Å². The monoisotopic (exact) mass is 253 g/mol. The first-order valence-corrected chi connectivity index (χ1v) is 5.51. The van der Waals surface area contributed by atoms with Crippen LogP contribution in [-0.2, 0) is 5.54 Å². The first-order valence-electron chi connectivity index (χ1n) is 4.65. The van der Waals surface area contributed by atoms with Gasteiger partial charge < -0.3 is 0 Å². The van der Waals surface area contributed by atoms with Crippen LogP contribution in [0.5, 0.6) is 0 Å². The standard InChI is InChI=1S/C11H13N2Se/c1-11(2,3)13-9-7-5-4-6-8(9)12-10(13)14/h4-7H,1-3H3. The van der Waals surface area contributed by atoms with Crippen molar-refractivity contribution in [1.29, 1.82) is 0 Å². The molecule has 1 heterocycles. The van der Waals surface area contributed by atoms with Crippen LogP contribution in [0.2, 0.25) is 0 Å². The predicted octanol–water partition coefficient (Wildman–Crippen LogP) is 1.59. The Balaban J connectivity index is 2.81. The molecule has 3 heteroatoms. The van der Waals surface area contributed by atoms with E-state index in [9.17, 15) is 0 Å². The topological polar surface area (TPSA) is 17.8 Å². The van der Waals surface area contributed by atoms with E-state index in [0.29, 0.717) is 0 Å². The fourth-order valence-corrected chi connectivity index (χ4v) is 2.64. The van der Waals surface area contributed by atoms with Crippen LogP contribution in [0, 0.1) is 0 Å². The zero-order valence-corrected chi connectivity index (χ0v) is 10.3. The number of hydrogen-bond donors (Lipinski definition) is 0. The summed E-state index contributed by atoms with van der Waals surface area (Å²) in [5, 5.41) is 0. The first kappa shape index (κ1) is 9.75. The van der Waals surface area contributed by atoms with E-state index in [0.717, 1.165) is 10.2 Å². The van der Waals surface area contributed by atoms with E-state index in [1.54, 1.807) is 0 Å². The van der Waals surface area contributed by atoms with Gasteiger partial charge in [0.15, 0.2) is 0 Å². The summed E-state index contributed by atoms with van der Waals surface area (Å²) in [4.78, 5) is 4.49. The summed E-state index contributed by atoms with van der Waals surface area (Å²) in [5.41, 5.74) is 2.31. The van der Waals surface area contributed by atoms with Crippen molar-refractivity contribution >= 4 is 31.8 Å². The van der Waals surface area contributed by atoms with Crippen molar-refractivity contribution in [3.8, 4) is 0 Å². The number of aromatic nitrogens is 2. The van der Waals surface area contributed by atoms with Crippen molar-refractivity contribution in [2.45, 2.75) is 26.3 Å². The van der Waals surface area contributed by atoms with E-state index < -0.39 is 0 Å². The summed E-state index contributed by atoms with van der Waals surface area (Å²) in [6, 6.07) is 8.21. The van der Waals surface area contributed by atoms with Gasteiger partial charge >= 0.3 is 91.9 Å². The fraction of sp³-hybridized carbons (Fsp3) is 0.364. The Labute approximate surface area is 92.1 Å². The fourth-order valence-electron chi connectivity index (χ4n) is 1.65. The molecule has 1 aromatic heterocycles. The van der Waals surface area contributed by atoms with E-state index in [-0.39, 0.29) is 5.54 Å². The Bertz CT molecular complexity index is 466. The van der Waals surface area contributed by atoms with Crippen molar-refractivity contribution in [2.24, 2.45) is 0 Å². The van der Waals surface area contributed by atoms with Crippen molar-refractivity contribution in [2.75, 3.05) is 0 Å². The molecule has 0 spiro atoms. The van der Waals surface area contributed by atoms with Crippen LogP contribution < -0.4 is 4.72 Å². The Morgan fingerprint density at radius 3 is 2.50 bits per heavy atom. The summed E-state index contributed by atoms with van der Waals surface area (Å²) in [6.45, 7) is 6.55. The number of benzene rings is 1. The first-order chi connectivity index (χ1) is 6.50. The van der Waals surface area contributed by atoms with Gasteiger partial charge in [-0.2, -0.15) is 0 Å². The molecule has 1 aromatic carbocycles. The molecule has 14 heavy (non-hydrogen) atoms. The van der Waals surface area contributed by atoms with Crippen molar-refractivity contribution in [3.05, 3.63) is 24.3 Å². The van der Waals surface area contributed by atoms with E-state index in [2.05, 4.69) is 52.4 Å². The molecule has 0 amide bonds. The average molecular weight is 252 g/mol. The number of fused-ring (bicyclic) bond motifs is 1. The molecule has 2 aromatic rings. The number of rotatable bonds is 0. The number of para-hydroxylation sites is 2. The van der Waals surface area contributed by atoms with E-state index in [4.69, 9.17) is 0 Å². The van der Waals surface area contributed by atoms with Gasteiger partial charge in [0, 0.05) is 0 Å². The molecule has 2 nitrogen and oxygen atoms in total. The molecule has 0 unspecified atom stereocenters. The van der Waals surface area contributed by atoms with Crippen LogP contribution >= 0.6 is 0 Å². The molecular formula is C11H13N2Se. The molecule has 0 N–H and O–H groups in total. The SMILES string of the molecule is CC(C)(C)n1c([Se])nc2ccccc21. The molecule has 0 aliphatic heterocycles. The van der Waals surface area contributed by atoms with E-state index in [1.165, 1.54) is 5.52 Å². The third kappa shape index (κ3) is 1.47. The summed E-state index contributed by atoms with van der Waals surface area (Å²) in [7, 11) is 0. The Hall–Kier alpha value is -0.791. The van der Waals surface area contributed by atoms with Crippen LogP contribution in [0.25, 0.3) is 11.0 Å². The quantitative estimate of drug-likeness (QED) is 0.651. The molecule has 0 aliphatic carbocycles. The van der Waals surface area contributed by atoms with Crippen molar-refractivity contribution in [3.63, 3.8) is 0 Å². The maximum atomic E-state index is 4.49. The molecule has 0 atom stereocenters. The van der Waals surface area contributed by atoms with Crippen LogP contribution in [0.3, 0.4) is 0 Å².